The lowest BCUT2D eigenvalue weighted by atomic mass is 9.98. The standard InChI is InChI=1S/C21H26O2Si/c1-18(11-10-16-22)17-21(2,3)24(23,19-12-6-4-7-13-19)20-14-8-5-9-15-20/h4-9,12-15,18,22-23H,16-17H2,1-3H3/t18-/m1/s1. The second kappa shape index (κ2) is 7.81. The zero-order valence-corrected chi connectivity index (χ0v) is 15.7. The van der Waals surface area contributed by atoms with Crippen molar-refractivity contribution in [1.29, 1.82) is 0 Å². The molecule has 0 aliphatic carbocycles. The number of aliphatic hydroxyl groups excluding tert-OH is 1. The van der Waals surface area contributed by atoms with Crippen LogP contribution < -0.4 is 10.4 Å². The van der Waals surface area contributed by atoms with Crippen molar-refractivity contribution in [2.45, 2.75) is 32.2 Å². The van der Waals surface area contributed by atoms with E-state index in [1.807, 2.05) is 60.7 Å². The molecule has 1 atom stereocenters. The van der Waals surface area contributed by atoms with E-state index in [4.69, 9.17) is 5.11 Å². The maximum absolute atomic E-state index is 12.0. The Morgan fingerprint density at radius 1 is 0.958 bits per heavy atom. The van der Waals surface area contributed by atoms with Gasteiger partial charge in [-0.05, 0) is 21.8 Å². The topological polar surface area (TPSA) is 40.5 Å². The predicted octanol–water partition coefficient (Wildman–Crippen LogP) is 2.54. The van der Waals surface area contributed by atoms with Crippen LogP contribution in [0.2, 0.25) is 5.04 Å². The first-order chi connectivity index (χ1) is 11.4. The van der Waals surface area contributed by atoms with Gasteiger partial charge >= 0.3 is 0 Å². The molecular weight excluding hydrogens is 312 g/mol. The Balaban J connectivity index is 2.50. The first kappa shape index (κ1) is 18.5. The molecular formula is C21H26O2Si. The van der Waals surface area contributed by atoms with Gasteiger partial charge in [-0.2, -0.15) is 0 Å². The molecule has 0 spiro atoms. The zero-order valence-electron chi connectivity index (χ0n) is 14.7. The number of benzene rings is 2. The first-order valence-electron chi connectivity index (χ1n) is 8.34. The molecule has 2 rings (SSSR count). The van der Waals surface area contributed by atoms with Gasteiger partial charge in [0.1, 0.15) is 6.61 Å². The molecule has 0 fully saturated rings. The molecule has 0 amide bonds. The highest BCUT2D eigenvalue weighted by atomic mass is 28.4. The third kappa shape index (κ3) is 3.79. The van der Waals surface area contributed by atoms with Crippen LogP contribution in [0.5, 0.6) is 0 Å². The van der Waals surface area contributed by atoms with Crippen LogP contribution in [-0.4, -0.2) is 24.8 Å². The fraction of sp³-hybridized carbons (Fsp3) is 0.333. The van der Waals surface area contributed by atoms with E-state index in [-0.39, 0.29) is 17.6 Å². The molecule has 126 valence electrons. The maximum Gasteiger partial charge on any atom is 0.258 e. The summed E-state index contributed by atoms with van der Waals surface area (Å²) in [6.45, 7) is 6.20. The highest BCUT2D eigenvalue weighted by Gasteiger charge is 2.50. The minimum atomic E-state index is -2.96. The van der Waals surface area contributed by atoms with E-state index in [1.54, 1.807) is 0 Å². The van der Waals surface area contributed by atoms with Gasteiger partial charge in [-0.3, -0.25) is 0 Å². The molecule has 24 heavy (non-hydrogen) atoms. The van der Waals surface area contributed by atoms with Gasteiger partial charge in [-0.25, -0.2) is 0 Å². The molecule has 0 heterocycles. The van der Waals surface area contributed by atoms with Crippen molar-refractivity contribution >= 4 is 18.7 Å². The summed E-state index contributed by atoms with van der Waals surface area (Å²) in [4.78, 5) is 12.0. The number of hydrogen-bond donors (Lipinski definition) is 2. The molecule has 0 aliphatic rings. The Morgan fingerprint density at radius 3 is 1.83 bits per heavy atom. The lowest BCUT2D eigenvalue weighted by Gasteiger charge is -2.42. The first-order valence-corrected chi connectivity index (χ1v) is 10.3. The van der Waals surface area contributed by atoms with Crippen molar-refractivity contribution in [1.82, 2.24) is 0 Å². The van der Waals surface area contributed by atoms with Crippen molar-refractivity contribution in [3.8, 4) is 11.8 Å². The summed E-state index contributed by atoms with van der Waals surface area (Å²) in [7, 11) is -2.96. The lowest BCUT2D eigenvalue weighted by Crippen LogP contribution is -2.65. The van der Waals surface area contributed by atoms with Crippen LogP contribution >= 0.6 is 0 Å². The molecule has 0 saturated carbocycles. The third-order valence-electron chi connectivity index (χ3n) is 4.61. The quantitative estimate of drug-likeness (QED) is 0.650. The van der Waals surface area contributed by atoms with Crippen LogP contribution in [-0.2, 0) is 0 Å². The fourth-order valence-electron chi connectivity index (χ4n) is 3.49. The second-order valence-corrected chi connectivity index (χ2v) is 10.8. The predicted molar refractivity (Wildman–Crippen MR) is 103 cm³/mol. The minimum absolute atomic E-state index is 0.110. The monoisotopic (exact) mass is 338 g/mol. The second-order valence-electron chi connectivity index (χ2n) is 6.91. The summed E-state index contributed by atoms with van der Waals surface area (Å²) in [5, 5.41) is 10.6. The average molecular weight is 339 g/mol. The normalized spacial score (nSPS) is 13.0. The fourth-order valence-corrected chi connectivity index (χ4v) is 7.34. The third-order valence-corrected chi connectivity index (χ3v) is 9.11. The molecule has 0 aliphatic heterocycles. The maximum atomic E-state index is 12.0. The van der Waals surface area contributed by atoms with E-state index in [9.17, 15) is 4.80 Å². The highest BCUT2D eigenvalue weighted by Crippen LogP contribution is 2.41. The molecule has 0 saturated heterocycles. The van der Waals surface area contributed by atoms with E-state index >= 15 is 0 Å². The Bertz CT molecular complexity index is 659. The molecule has 3 heteroatoms. The van der Waals surface area contributed by atoms with Gasteiger partial charge < -0.3 is 9.90 Å². The van der Waals surface area contributed by atoms with Crippen LogP contribution in [0.4, 0.5) is 0 Å². The summed E-state index contributed by atoms with van der Waals surface area (Å²) in [6.07, 6.45) is 0.770. The van der Waals surface area contributed by atoms with Crippen LogP contribution in [0.1, 0.15) is 27.2 Å². The van der Waals surface area contributed by atoms with Gasteiger partial charge in [0.05, 0.1) is 0 Å². The van der Waals surface area contributed by atoms with Crippen LogP contribution in [0.15, 0.2) is 60.7 Å². The van der Waals surface area contributed by atoms with Gasteiger partial charge in [0.15, 0.2) is 0 Å². The van der Waals surface area contributed by atoms with Crippen molar-refractivity contribution < 1.29 is 9.90 Å². The summed E-state index contributed by atoms with van der Waals surface area (Å²) < 4.78 is 0. The molecule has 0 radical (unpaired) electrons. The van der Waals surface area contributed by atoms with E-state index in [0.29, 0.717) is 0 Å². The van der Waals surface area contributed by atoms with E-state index in [1.165, 1.54) is 0 Å². The van der Waals surface area contributed by atoms with Crippen LogP contribution in [0, 0.1) is 17.8 Å². The van der Waals surface area contributed by atoms with E-state index < -0.39 is 8.32 Å². The highest BCUT2D eigenvalue weighted by molar-refractivity contribution is 6.98. The van der Waals surface area contributed by atoms with Gasteiger partial charge in [0.2, 0.25) is 0 Å². The van der Waals surface area contributed by atoms with Crippen molar-refractivity contribution in [2.75, 3.05) is 6.61 Å². The average Bonchev–Trinajstić information content (AvgIpc) is 2.60. The molecule has 0 bridgehead atoms. The Morgan fingerprint density at radius 2 is 1.42 bits per heavy atom. The smallest absolute Gasteiger partial charge is 0.258 e. The van der Waals surface area contributed by atoms with Crippen LogP contribution in [0.3, 0.4) is 0 Å². The van der Waals surface area contributed by atoms with Crippen molar-refractivity contribution in [3.05, 3.63) is 60.7 Å². The lowest BCUT2D eigenvalue weighted by molar-refractivity contribution is 0.350. The molecule has 2 aromatic carbocycles. The van der Waals surface area contributed by atoms with Crippen LogP contribution in [0.25, 0.3) is 0 Å². The summed E-state index contributed by atoms with van der Waals surface area (Å²) in [6, 6.07) is 20.0. The Hall–Kier alpha value is -1.86. The molecule has 2 aromatic rings. The summed E-state index contributed by atoms with van der Waals surface area (Å²) in [5.74, 6) is 5.93. The van der Waals surface area contributed by atoms with Gasteiger partial charge in [0, 0.05) is 5.92 Å². The summed E-state index contributed by atoms with van der Waals surface area (Å²) in [5.41, 5.74) is 0. The SMILES string of the molecule is C[C@H](C#CCO)CC(C)(C)[Si](O)(c1ccccc1)c1ccccc1. The number of rotatable bonds is 5. The minimum Gasteiger partial charge on any atom is -0.424 e. The van der Waals surface area contributed by atoms with E-state index in [2.05, 4.69) is 32.6 Å². The Kier molecular flexibility index (Phi) is 6.01. The van der Waals surface area contributed by atoms with Gasteiger partial charge in [0.25, 0.3) is 8.32 Å². The van der Waals surface area contributed by atoms with Crippen molar-refractivity contribution in [2.24, 2.45) is 5.92 Å². The molecule has 2 N–H and O–H groups in total. The number of hydrogen-bond acceptors (Lipinski definition) is 2. The van der Waals surface area contributed by atoms with Gasteiger partial charge in [-0.15, -0.1) is 0 Å². The Labute approximate surface area is 146 Å². The summed E-state index contributed by atoms with van der Waals surface area (Å²) >= 11 is 0. The van der Waals surface area contributed by atoms with Crippen molar-refractivity contribution in [3.63, 3.8) is 0 Å². The van der Waals surface area contributed by atoms with E-state index in [0.717, 1.165) is 16.8 Å². The number of aliphatic hydroxyl groups is 1. The zero-order chi connectivity index (χ0) is 17.6. The molecule has 2 nitrogen and oxygen atoms in total. The van der Waals surface area contributed by atoms with Gasteiger partial charge in [-0.1, -0.05) is 93.3 Å². The molecule has 0 unspecified atom stereocenters. The largest absolute Gasteiger partial charge is 0.424 e. The molecule has 0 aromatic heterocycles.